The van der Waals surface area contributed by atoms with Crippen LogP contribution in [-0.2, 0) is 9.59 Å². The number of ketones is 1. The summed E-state index contributed by atoms with van der Waals surface area (Å²) >= 11 is 0. The molecule has 1 atom stereocenters. The van der Waals surface area contributed by atoms with Crippen molar-refractivity contribution in [2.45, 2.75) is 32.9 Å². The number of nitrogens with zero attached hydrogens (tertiary/aromatic N) is 2. The van der Waals surface area contributed by atoms with Gasteiger partial charge in [0.1, 0.15) is 29.2 Å². The summed E-state index contributed by atoms with van der Waals surface area (Å²) in [7, 11) is 0. The van der Waals surface area contributed by atoms with Crippen LogP contribution >= 0.6 is 0 Å². The minimum Gasteiger partial charge on any atom is -0.507 e. The third kappa shape index (κ3) is 4.14. The Morgan fingerprint density at radius 1 is 1.09 bits per heavy atom. The molecule has 0 aliphatic carbocycles. The number of benzene rings is 2. The van der Waals surface area contributed by atoms with Crippen LogP contribution in [0.2, 0.25) is 0 Å². The molecule has 4 rings (SSSR count). The van der Waals surface area contributed by atoms with Crippen LogP contribution in [0.5, 0.6) is 5.75 Å². The van der Waals surface area contributed by atoms with Crippen LogP contribution in [0.15, 0.2) is 66.4 Å². The largest absolute Gasteiger partial charge is 0.507 e. The van der Waals surface area contributed by atoms with Crippen LogP contribution in [0.4, 0.5) is 14.5 Å². The molecule has 3 aromatic rings. The van der Waals surface area contributed by atoms with Crippen LogP contribution in [0, 0.1) is 18.6 Å². The number of aliphatic hydroxyl groups is 1. The number of aliphatic hydroxyl groups excluding tert-OH is 1. The van der Waals surface area contributed by atoms with Crippen LogP contribution in [0.3, 0.4) is 0 Å². The van der Waals surface area contributed by atoms with Crippen molar-refractivity contribution in [2.24, 2.45) is 0 Å². The number of Topliss-reactive ketones (excluding diaryl/α,β-unsaturated/α-hetero) is 1. The van der Waals surface area contributed by atoms with E-state index >= 15 is 0 Å². The third-order valence-corrected chi connectivity index (χ3v) is 5.39. The molecular formula is C26H22F2N2O4. The molecule has 0 spiro atoms. The predicted molar refractivity (Wildman–Crippen MR) is 122 cm³/mol. The molecule has 1 aliphatic rings. The Hall–Kier alpha value is -4.07. The van der Waals surface area contributed by atoms with Gasteiger partial charge in [0.15, 0.2) is 0 Å². The van der Waals surface area contributed by atoms with Gasteiger partial charge in [0.25, 0.3) is 11.7 Å². The summed E-state index contributed by atoms with van der Waals surface area (Å²) in [6.45, 7) is 5.55. The number of hydrogen-bond acceptors (Lipinski definition) is 5. The fraction of sp³-hybridized carbons (Fsp3) is 0.192. The Kier molecular flexibility index (Phi) is 6.15. The third-order valence-electron chi connectivity index (χ3n) is 5.39. The van der Waals surface area contributed by atoms with E-state index in [-0.39, 0.29) is 22.9 Å². The molecule has 6 nitrogen and oxygen atoms in total. The van der Waals surface area contributed by atoms with E-state index in [1.165, 1.54) is 6.20 Å². The van der Waals surface area contributed by atoms with Crippen molar-refractivity contribution in [3.63, 3.8) is 0 Å². The SMILES string of the molecule is Cc1cc(/C(O)=C2\C(=O)C(=O)N(c3cc(F)ccc3F)C2c2ccccn2)ccc1OC(C)C. The van der Waals surface area contributed by atoms with Crippen LogP contribution in [0.25, 0.3) is 5.76 Å². The van der Waals surface area contributed by atoms with Gasteiger partial charge in [-0.3, -0.25) is 19.5 Å². The summed E-state index contributed by atoms with van der Waals surface area (Å²) in [5.41, 5.74) is 0.492. The summed E-state index contributed by atoms with van der Waals surface area (Å²) in [6, 6.07) is 11.0. The molecule has 1 fully saturated rings. The van der Waals surface area contributed by atoms with E-state index in [4.69, 9.17) is 4.74 Å². The van der Waals surface area contributed by atoms with Crippen molar-refractivity contribution < 1.29 is 28.2 Å². The Balaban J connectivity index is 1.91. The molecule has 1 N–H and O–H groups in total. The van der Waals surface area contributed by atoms with E-state index in [1.807, 2.05) is 13.8 Å². The number of anilines is 1. The first-order chi connectivity index (χ1) is 16.2. The summed E-state index contributed by atoms with van der Waals surface area (Å²) in [6.07, 6.45) is 1.38. The zero-order valence-electron chi connectivity index (χ0n) is 18.8. The molecule has 2 aromatic carbocycles. The van der Waals surface area contributed by atoms with E-state index < -0.39 is 40.8 Å². The number of pyridine rings is 1. The summed E-state index contributed by atoms with van der Waals surface area (Å²) in [5, 5.41) is 11.2. The van der Waals surface area contributed by atoms with Gasteiger partial charge in [-0.2, -0.15) is 0 Å². The van der Waals surface area contributed by atoms with Crippen molar-refractivity contribution in [3.05, 3.63) is 94.8 Å². The lowest BCUT2D eigenvalue weighted by molar-refractivity contribution is -0.132. The molecule has 2 heterocycles. The maximum absolute atomic E-state index is 14.7. The van der Waals surface area contributed by atoms with Crippen LogP contribution in [-0.4, -0.2) is 27.9 Å². The number of carbonyl (C=O) groups excluding carboxylic acids is 2. The Bertz CT molecular complexity index is 1310. The van der Waals surface area contributed by atoms with Crippen molar-refractivity contribution in [2.75, 3.05) is 4.90 Å². The van der Waals surface area contributed by atoms with E-state index in [2.05, 4.69) is 4.98 Å². The number of halogens is 2. The molecule has 0 radical (unpaired) electrons. The number of hydrogen-bond donors (Lipinski definition) is 1. The second-order valence-corrected chi connectivity index (χ2v) is 8.17. The van der Waals surface area contributed by atoms with E-state index in [9.17, 15) is 23.5 Å². The second kappa shape index (κ2) is 9.05. The molecule has 0 saturated carbocycles. The maximum atomic E-state index is 14.7. The predicted octanol–water partition coefficient (Wildman–Crippen LogP) is 5.08. The summed E-state index contributed by atoms with van der Waals surface area (Å²) in [5.74, 6) is -3.65. The molecular weight excluding hydrogens is 442 g/mol. The number of aryl methyl sites for hydroxylation is 1. The lowest BCUT2D eigenvalue weighted by Gasteiger charge is -2.25. The number of aromatic nitrogens is 1. The zero-order valence-corrected chi connectivity index (χ0v) is 18.8. The number of ether oxygens (including phenoxy) is 1. The molecule has 34 heavy (non-hydrogen) atoms. The average Bonchev–Trinajstić information content (AvgIpc) is 3.07. The van der Waals surface area contributed by atoms with Crippen LogP contribution < -0.4 is 9.64 Å². The van der Waals surface area contributed by atoms with E-state index in [0.717, 1.165) is 23.1 Å². The second-order valence-electron chi connectivity index (χ2n) is 8.17. The standard InChI is InChI=1S/C26H22F2N2O4/c1-14(2)34-21-10-7-16(12-15(21)3)24(31)22-23(19-6-4-5-11-29-19)30(26(33)25(22)32)20-13-17(27)8-9-18(20)28/h4-14,23,31H,1-3H3/b24-22+. The van der Waals surface area contributed by atoms with E-state index in [0.29, 0.717) is 11.3 Å². The highest BCUT2D eigenvalue weighted by Gasteiger charge is 2.48. The van der Waals surface area contributed by atoms with Gasteiger partial charge in [-0.05, 0) is 68.8 Å². The summed E-state index contributed by atoms with van der Waals surface area (Å²) in [4.78, 5) is 31.2. The van der Waals surface area contributed by atoms with Crippen molar-refractivity contribution in [3.8, 4) is 5.75 Å². The molecule has 1 amide bonds. The van der Waals surface area contributed by atoms with E-state index in [1.54, 1.807) is 43.3 Å². The first-order valence-corrected chi connectivity index (χ1v) is 10.6. The Morgan fingerprint density at radius 3 is 2.50 bits per heavy atom. The number of rotatable bonds is 5. The van der Waals surface area contributed by atoms with Gasteiger partial charge in [-0.15, -0.1) is 0 Å². The lowest BCUT2D eigenvalue weighted by Crippen LogP contribution is -2.30. The van der Waals surface area contributed by atoms with Crippen molar-refractivity contribution in [1.82, 2.24) is 4.98 Å². The van der Waals surface area contributed by atoms with Gasteiger partial charge in [0.2, 0.25) is 0 Å². The zero-order chi connectivity index (χ0) is 24.6. The average molecular weight is 464 g/mol. The number of carbonyl (C=O) groups is 2. The van der Waals surface area contributed by atoms with Gasteiger partial charge < -0.3 is 9.84 Å². The minimum absolute atomic E-state index is 0.0613. The van der Waals surface area contributed by atoms with Gasteiger partial charge >= 0.3 is 0 Å². The first-order valence-electron chi connectivity index (χ1n) is 10.6. The molecule has 1 saturated heterocycles. The summed E-state index contributed by atoms with van der Waals surface area (Å²) < 4.78 is 34.4. The maximum Gasteiger partial charge on any atom is 0.300 e. The monoisotopic (exact) mass is 464 g/mol. The van der Waals surface area contributed by atoms with Crippen molar-refractivity contribution >= 4 is 23.1 Å². The molecule has 1 unspecified atom stereocenters. The molecule has 174 valence electrons. The Morgan fingerprint density at radius 2 is 1.85 bits per heavy atom. The van der Waals surface area contributed by atoms with Gasteiger partial charge in [0.05, 0.1) is 23.1 Å². The fourth-order valence-electron chi connectivity index (χ4n) is 3.91. The van der Waals surface area contributed by atoms with Crippen molar-refractivity contribution in [1.29, 1.82) is 0 Å². The smallest absolute Gasteiger partial charge is 0.300 e. The Labute approximate surface area is 195 Å². The van der Waals surface area contributed by atoms with Gasteiger partial charge in [-0.25, -0.2) is 8.78 Å². The molecule has 8 heteroatoms. The molecule has 0 bridgehead atoms. The molecule has 1 aliphatic heterocycles. The number of amides is 1. The highest BCUT2D eigenvalue weighted by molar-refractivity contribution is 6.51. The highest BCUT2D eigenvalue weighted by Crippen LogP contribution is 2.42. The lowest BCUT2D eigenvalue weighted by atomic mass is 9.97. The van der Waals surface area contributed by atoms with Gasteiger partial charge in [-0.1, -0.05) is 6.07 Å². The molecule has 1 aromatic heterocycles. The minimum atomic E-state index is -1.26. The quantitative estimate of drug-likeness (QED) is 0.324. The van der Waals surface area contributed by atoms with Gasteiger partial charge in [0, 0.05) is 17.8 Å². The highest BCUT2D eigenvalue weighted by atomic mass is 19.1. The fourth-order valence-corrected chi connectivity index (χ4v) is 3.91. The van der Waals surface area contributed by atoms with Crippen LogP contribution in [0.1, 0.15) is 36.7 Å². The topological polar surface area (TPSA) is 79.7 Å². The normalized spacial score (nSPS) is 17.5. The first kappa shape index (κ1) is 23.1.